The van der Waals surface area contributed by atoms with Crippen LogP contribution in [-0.2, 0) is 11.2 Å². The van der Waals surface area contributed by atoms with Gasteiger partial charge in [0.05, 0.1) is 0 Å². The van der Waals surface area contributed by atoms with E-state index in [4.69, 9.17) is 14.6 Å². The van der Waals surface area contributed by atoms with E-state index in [1.165, 1.54) is 0 Å². The van der Waals surface area contributed by atoms with Crippen LogP contribution < -0.4 is 9.47 Å². The molecule has 0 saturated carbocycles. The number of carbonyl (C=O) groups is 1. The van der Waals surface area contributed by atoms with Gasteiger partial charge in [0.2, 0.25) is 0 Å². The molecule has 0 amide bonds. The van der Waals surface area contributed by atoms with Gasteiger partial charge < -0.3 is 14.6 Å². The van der Waals surface area contributed by atoms with Crippen LogP contribution in [0.2, 0.25) is 0 Å². The van der Waals surface area contributed by atoms with Gasteiger partial charge in [0.15, 0.2) is 0 Å². The van der Waals surface area contributed by atoms with Crippen molar-refractivity contribution in [3.8, 4) is 11.5 Å². The summed E-state index contributed by atoms with van der Waals surface area (Å²) in [7, 11) is 0. The monoisotopic (exact) mass is 336 g/mol. The van der Waals surface area contributed by atoms with Gasteiger partial charge in [0.1, 0.15) is 24.7 Å². The van der Waals surface area contributed by atoms with E-state index in [-0.39, 0.29) is 6.42 Å². The van der Waals surface area contributed by atoms with E-state index >= 15 is 0 Å². The quantitative estimate of drug-likeness (QED) is 0.623. The fourth-order valence-electron chi connectivity index (χ4n) is 2.77. The van der Waals surface area contributed by atoms with Crippen LogP contribution in [0.1, 0.15) is 12.0 Å². The topological polar surface area (TPSA) is 55.8 Å². The molecule has 0 aliphatic rings. The van der Waals surface area contributed by atoms with Crippen LogP contribution in [0.4, 0.5) is 0 Å². The smallest absolute Gasteiger partial charge is 0.303 e. The van der Waals surface area contributed by atoms with Crippen LogP contribution in [0.3, 0.4) is 0 Å². The van der Waals surface area contributed by atoms with Crippen LogP contribution in [0.5, 0.6) is 11.5 Å². The number of ether oxygens (including phenoxy) is 2. The van der Waals surface area contributed by atoms with Crippen molar-refractivity contribution < 1.29 is 19.4 Å². The van der Waals surface area contributed by atoms with Gasteiger partial charge in [0.25, 0.3) is 0 Å². The fraction of sp³-hybridized carbons (Fsp3) is 0.190. The number of carboxylic acids is 1. The second-order valence-corrected chi connectivity index (χ2v) is 5.67. The SMILES string of the molecule is O=C(O)CCc1c(OCCOc2ccccc2)ccc2ccccc12. The molecule has 0 heterocycles. The summed E-state index contributed by atoms with van der Waals surface area (Å²) in [6.45, 7) is 0.822. The molecule has 0 spiro atoms. The third-order valence-corrected chi connectivity index (χ3v) is 3.94. The first kappa shape index (κ1) is 16.8. The van der Waals surface area contributed by atoms with Gasteiger partial charge in [-0.3, -0.25) is 4.79 Å². The highest BCUT2D eigenvalue weighted by Crippen LogP contribution is 2.29. The van der Waals surface area contributed by atoms with Crippen molar-refractivity contribution in [1.82, 2.24) is 0 Å². The summed E-state index contributed by atoms with van der Waals surface area (Å²) < 4.78 is 11.5. The van der Waals surface area contributed by atoms with Gasteiger partial charge >= 0.3 is 5.97 Å². The van der Waals surface area contributed by atoms with Gasteiger partial charge in [-0.25, -0.2) is 0 Å². The lowest BCUT2D eigenvalue weighted by Gasteiger charge is -2.14. The maximum atomic E-state index is 11.0. The molecule has 0 saturated heterocycles. The Morgan fingerprint density at radius 2 is 1.56 bits per heavy atom. The minimum Gasteiger partial charge on any atom is -0.490 e. The molecule has 0 aromatic heterocycles. The minimum atomic E-state index is -0.814. The van der Waals surface area contributed by atoms with Crippen LogP contribution in [0.25, 0.3) is 10.8 Å². The number of fused-ring (bicyclic) bond motifs is 1. The van der Waals surface area contributed by atoms with E-state index in [2.05, 4.69) is 0 Å². The Balaban J connectivity index is 1.71. The Hall–Kier alpha value is -3.01. The van der Waals surface area contributed by atoms with Crippen LogP contribution >= 0.6 is 0 Å². The lowest BCUT2D eigenvalue weighted by Crippen LogP contribution is -2.10. The molecule has 128 valence electrons. The minimum absolute atomic E-state index is 0.0743. The first-order valence-corrected chi connectivity index (χ1v) is 8.27. The average Bonchev–Trinajstić information content (AvgIpc) is 2.64. The van der Waals surface area contributed by atoms with Crippen molar-refractivity contribution in [3.63, 3.8) is 0 Å². The maximum Gasteiger partial charge on any atom is 0.303 e. The Morgan fingerprint density at radius 1 is 0.840 bits per heavy atom. The molecule has 3 rings (SSSR count). The first-order valence-electron chi connectivity index (χ1n) is 8.27. The number of hydrogen-bond donors (Lipinski definition) is 1. The van der Waals surface area contributed by atoms with E-state index in [1.807, 2.05) is 66.7 Å². The molecule has 0 atom stereocenters. The second kappa shape index (κ2) is 8.20. The standard InChI is InChI=1S/C21H20O4/c22-21(23)13-11-19-18-9-5-4-6-16(18)10-12-20(19)25-15-14-24-17-7-2-1-3-8-17/h1-10,12H,11,13-15H2,(H,22,23). The fourth-order valence-corrected chi connectivity index (χ4v) is 2.77. The van der Waals surface area contributed by atoms with Crippen LogP contribution in [-0.4, -0.2) is 24.3 Å². The van der Waals surface area contributed by atoms with E-state index in [0.717, 1.165) is 27.8 Å². The Kier molecular flexibility index (Phi) is 5.52. The maximum absolute atomic E-state index is 11.0. The highest BCUT2D eigenvalue weighted by atomic mass is 16.5. The lowest BCUT2D eigenvalue weighted by atomic mass is 10.00. The highest BCUT2D eigenvalue weighted by Gasteiger charge is 2.11. The molecule has 0 unspecified atom stereocenters. The third kappa shape index (κ3) is 4.51. The van der Waals surface area contributed by atoms with Crippen molar-refractivity contribution in [2.24, 2.45) is 0 Å². The summed E-state index contributed by atoms with van der Waals surface area (Å²) in [4.78, 5) is 11.0. The Labute approximate surface area is 146 Å². The number of aryl methyl sites for hydroxylation is 1. The molecule has 25 heavy (non-hydrogen) atoms. The average molecular weight is 336 g/mol. The molecule has 0 radical (unpaired) electrons. The number of carboxylic acid groups (broad SMARTS) is 1. The van der Waals surface area contributed by atoms with Gasteiger partial charge in [-0.15, -0.1) is 0 Å². The number of benzene rings is 3. The molecular formula is C21H20O4. The van der Waals surface area contributed by atoms with Crippen molar-refractivity contribution in [3.05, 3.63) is 72.3 Å². The molecule has 4 heteroatoms. The van der Waals surface area contributed by atoms with Gasteiger partial charge in [0, 0.05) is 12.0 Å². The van der Waals surface area contributed by atoms with Gasteiger partial charge in [-0.05, 0) is 35.4 Å². The summed E-state index contributed by atoms with van der Waals surface area (Å²) in [5.74, 6) is 0.707. The molecule has 0 fully saturated rings. The molecule has 4 nitrogen and oxygen atoms in total. The summed E-state index contributed by atoms with van der Waals surface area (Å²) in [5.41, 5.74) is 0.931. The van der Waals surface area contributed by atoms with Crippen molar-refractivity contribution in [2.45, 2.75) is 12.8 Å². The Bertz CT molecular complexity index is 843. The number of hydrogen-bond acceptors (Lipinski definition) is 3. The van der Waals surface area contributed by atoms with Crippen LogP contribution in [0.15, 0.2) is 66.7 Å². The van der Waals surface area contributed by atoms with Crippen LogP contribution in [0, 0.1) is 0 Å². The predicted octanol–water partition coefficient (Wildman–Crippen LogP) is 4.31. The second-order valence-electron chi connectivity index (χ2n) is 5.67. The van der Waals surface area contributed by atoms with E-state index < -0.39 is 5.97 Å². The third-order valence-electron chi connectivity index (χ3n) is 3.94. The molecule has 3 aromatic carbocycles. The zero-order chi connectivity index (χ0) is 17.5. The van der Waals surface area contributed by atoms with E-state index in [0.29, 0.717) is 19.6 Å². The predicted molar refractivity (Wildman–Crippen MR) is 97.3 cm³/mol. The normalized spacial score (nSPS) is 10.6. The summed E-state index contributed by atoms with van der Waals surface area (Å²) in [6.07, 6.45) is 0.510. The summed E-state index contributed by atoms with van der Waals surface area (Å²) >= 11 is 0. The van der Waals surface area contributed by atoms with E-state index in [9.17, 15) is 4.79 Å². The molecule has 0 bridgehead atoms. The lowest BCUT2D eigenvalue weighted by molar-refractivity contribution is -0.136. The molecule has 3 aromatic rings. The van der Waals surface area contributed by atoms with E-state index in [1.54, 1.807) is 0 Å². The van der Waals surface area contributed by atoms with Crippen molar-refractivity contribution in [1.29, 1.82) is 0 Å². The van der Waals surface area contributed by atoms with Crippen molar-refractivity contribution in [2.75, 3.05) is 13.2 Å². The zero-order valence-electron chi connectivity index (χ0n) is 13.9. The zero-order valence-corrected chi connectivity index (χ0v) is 13.9. The molecular weight excluding hydrogens is 316 g/mol. The summed E-state index contributed by atoms with van der Waals surface area (Å²) in [6, 6.07) is 21.4. The van der Waals surface area contributed by atoms with Crippen molar-refractivity contribution >= 4 is 16.7 Å². The molecule has 0 aliphatic heterocycles. The molecule has 0 aliphatic carbocycles. The number of para-hydroxylation sites is 1. The first-order chi connectivity index (χ1) is 12.2. The highest BCUT2D eigenvalue weighted by molar-refractivity contribution is 5.88. The largest absolute Gasteiger partial charge is 0.490 e. The van der Waals surface area contributed by atoms with Gasteiger partial charge in [-0.2, -0.15) is 0 Å². The van der Waals surface area contributed by atoms with Gasteiger partial charge in [-0.1, -0.05) is 48.5 Å². The molecule has 1 N–H and O–H groups in total. The summed E-state index contributed by atoms with van der Waals surface area (Å²) in [5, 5.41) is 11.1. The number of rotatable bonds is 8. The Morgan fingerprint density at radius 3 is 2.36 bits per heavy atom. The number of aliphatic carboxylic acids is 1.